The Balaban J connectivity index is 1.61. The standard InChI is InChI=1S/C12H14O4/c1-3-10-11(16-8-15-10)7-9(1)2-4-12-13-5-6-14-12/h1,3,7,12H,2,4-6,8H2. The smallest absolute Gasteiger partial charge is 0.231 e. The summed E-state index contributed by atoms with van der Waals surface area (Å²) in [5, 5.41) is 0. The van der Waals surface area contributed by atoms with Crippen molar-refractivity contribution in [2.75, 3.05) is 20.0 Å². The molecule has 4 nitrogen and oxygen atoms in total. The number of hydrogen-bond donors (Lipinski definition) is 0. The van der Waals surface area contributed by atoms with Gasteiger partial charge in [-0.15, -0.1) is 0 Å². The van der Waals surface area contributed by atoms with Crippen molar-refractivity contribution in [3.8, 4) is 11.5 Å². The molecule has 0 aliphatic carbocycles. The van der Waals surface area contributed by atoms with Crippen molar-refractivity contribution in [2.24, 2.45) is 0 Å². The van der Waals surface area contributed by atoms with Crippen LogP contribution >= 0.6 is 0 Å². The van der Waals surface area contributed by atoms with Crippen LogP contribution in [-0.2, 0) is 15.9 Å². The number of fused-ring (bicyclic) bond motifs is 1. The van der Waals surface area contributed by atoms with Gasteiger partial charge in [0.25, 0.3) is 0 Å². The highest BCUT2D eigenvalue weighted by Gasteiger charge is 2.17. The quantitative estimate of drug-likeness (QED) is 0.780. The summed E-state index contributed by atoms with van der Waals surface area (Å²) < 4.78 is 21.4. The van der Waals surface area contributed by atoms with Gasteiger partial charge in [-0.3, -0.25) is 0 Å². The van der Waals surface area contributed by atoms with Gasteiger partial charge in [0.2, 0.25) is 6.79 Å². The minimum atomic E-state index is -0.0366. The molecular weight excluding hydrogens is 208 g/mol. The maximum atomic E-state index is 5.39. The molecule has 1 saturated heterocycles. The number of hydrogen-bond acceptors (Lipinski definition) is 4. The van der Waals surface area contributed by atoms with E-state index in [9.17, 15) is 0 Å². The fourth-order valence-electron chi connectivity index (χ4n) is 1.95. The molecule has 0 bridgehead atoms. The van der Waals surface area contributed by atoms with Gasteiger partial charge in [0, 0.05) is 6.42 Å². The van der Waals surface area contributed by atoms with Crippen LogP contribution < -0.4 is 9.47 Å². The molecule has 0 N–H and O–H groups in total. The molecule has 3 rings (SSSR count). The molecule has 4 heteroatoms. The zero-order valence-corrected chi connectivity index (χ0v) is 8.98. The molecule has 1 fully saturated rings. The molecule has 16 heavy (non-hydrogen) atoms. The van der Waals surface area contributed by atoms with Gasteiger partial charge in [-0.2, -0.15) is 0 Å². The lowest BCUT2D eigenvalue weighted by Crippen LogP contribution is -2.08. The summed E-state index contributed by atoms with van der Waals surface area (Å²) in [7, 11) is 0. The molecule has 2 aliphatic heterocycles. The first kappa shape index (κ1) is 9.93. The van der Waals surface area contributed by atoms with Gasteiger partial charge in [0.15, 0.2) is 17.8 Å². The van der Waals surface area contributed by atoms with E-state index in [-0.39, 0.29) is 6.29 Å². The van der Waals surface area contributed by atoms with Crippen molar-refractivity contribution in [3.05, 3.63) is 23.8 Å². The third kappa shape index (κ3) is 1.99. The molecule has 2 aliphatic rings. The highest BCUT2D eigenvalue weighted by molar-refractivity contribution is 5.44. The van der Waals surface area contributed by atoms with E-state index in [1.54, 1.807) is 0 Å². The second-order valence-electron chi connectivity index (χ2n) is 3.90. The van der Waals surface area contributed by atoms with Crippen molar-refractivity contribution in [1.29, 1.82) is 0 Å². The van der Waals surface area contributed by atoms with Crippen LogP contribution in [0.15, 0.2) is 18.2 Å². The first-order valence-corrected chi connectivity index (χ1v) is 5.53. The largest absolute Gasteiger partial charge is 0.454 e. The molecule has 86 valence electrons. The highest BCUT2D eigenvalue weighted by atomic mass is 16.7. The predicted molar refractivity (Wildman–Crippen MR) is 56.6 cm³/mol. The summed E-state index contributed by atoms with van der Waals surface area (Å²) in [4.78, 5) is 0. The van der Waals surface area contributed by atoms with E-state index in [1.807, 2.05) is 12.1 Å². The fourth-order valence-corrected chi connectivity index (χ4v) is 1.95. The van der Waals surface area contributed by atoms with Crippen LogP contribution in [-0.4, -0.2) is 26.3 Å². The molecule has 2 heterocycles. The normalized spacial score (nSPS) is 19.2. The van der Waals surface area contributed by atoms with Crippen LogP contribution in [0.1, 0.15) is 12.0 Å². The summed E-state index contributed by atoms with van der Waals surface area (Å²) in [6.45, 7) is 1.76. The van der Waals surface area contributed by atoms with E-state index in [1.165, 1.54) is 5.56 Å². The number of rotatable bonds is 3. The van der Waals surface area contributed by atoms with Crippen LogP contribution in [0.4, 0.5) is 0 Å². The van der Waals surface area contributed by atoms with Gasteiger partial charge in [-0.25, -0.2) is 0 Å². The third-order valence-corrected chi connectivity index (χ3v) is 2.80. The summed E-state index contributed by atoms with van der Waals surface area (Å²) in [6.07, 6.45) is 1.78. The van der Waals surface area contributed by atoms with Crippen LogP contribution in [0.25, 0.3) is 0 Å². The van der Waals surface area contributed by atoms with Gasteiger partial charge >= 0.3 is 0 Å². The molecule has 0 spiro atoms. The van der Waals surface area contributed by atoms with Crippen LogP contribution in [0.2, 0.25) is 0 Å². The van der Waals surface area contributed by atoms with Crippen LogP contribution in [0.5, 0.6) is 11.5 Å². The number of aryl methyl sites for hydroxylation is 1. The first-order valence-electron chi connectivity index (χ1n) is 5.53. The Bertz CT molecular complexity index is 371. The Hall–Kier alpha value is -1.26. The summed E-state index contributed by atoms with van der Waals surface area (Å²) >= 11 is 0. The second-order valence-corrected chi connectivity index (χ2v) is 3.90. The number of ether oxygens (including phenoxy) is 4. The van der Waals surface area contributed by atoms with E-state index in [4.69, 9.17) is 18.9 Å². The summed E-state index contributed by atoms with van der Waals surface area (Å²) in [5.74, 6) is 1.67. The Morgan fingerprint density at radius 2 is 1.88 bits per heavy atom. The van der Waals surface area contributed by atoms with Crippen LogP contribution in [0.3, 0.4) is 0 Å². The zero-order chi connectivity index (χ0) is 10.8. The topological polar surface area (TPSA) is 36.9 Å². The molecular formula is C12H14O4. The predicted octanol–water partition coefficient (Wildman–Crippen LogP) is 1.72. The molecule has 0 saturated carbocycles. The highest BCUT2D eigenvalue weighted by Crippen LogP contribution is 2.32. The van der Waals surface area contributed by atoms with E-state index < -0.39 is 0 Å². The monoisotopic (exact) mass is 222 g/mol. The van der Waals surface area contributed by atoms with E-state index in [2.05, 4.69) is 6.07 Å². The second kappa shape index (κ2) is 4.31. The average molecular weight is 222 g/mol. The summed E-state index contributed by atoms with van der Waals surface area (Å²) in [6, 6.07) is 6.04. The lowest BCUT2D eigenvalue weighted by molar-refractivity contribution is -0.0462. The molecule has 0 aromatic heterocycles. The minimum absolute atomic E-state index is 0.0366. The Morgan fingerprint density at radius 1 is 1.06 bits per heavy atom. The van der Waals surface area contributed by atoms with Gasteiger partial charge in [0.05, 0.1) is 13.2 Å². The maximum absolute atomic E-state index is 5.39. The Morgan fingerprint density at radius 3 is 2.75 bits per heavy atom. The first-order chi connectivity index (χ1) is 7.92. The number of benzene rings is 1. The molecule has 0 unspecified atom stereocenters. The van der Waals surface area contributed by atoms with Crippen molar-refractivity contribution in [3.63, 3.8) is 0 Å². The van der Waals surface area contributed by atoms with Crippen LogP contribution in [0, 0.1) is 0 Å². The maximum Gasteiger partial charge on any atom is 0.231 e. The minimum Gasteiger partial charge on any atom is -0.454 e. The zero-order valence-electron chi connectivity index (χ0n) is 8.98. The molecule has 1 aromatic carbocycles. The fraction of sp³-hybridized carbons (Fsp3) is 0.500. The Kier molecular flexibility index (Phi) is 2.68. The summed E-state index contributed by atoms with van der Waals surface area (Å²) in [5.41, 5.74) is 1.23. The van der Waals surface area contributed by atoms with E-state index in [0.29, 0.717) is 20.0 Å². The van der Waals surface area contributed by atoms with Crippen molar-refractivity contribution in [1.82, 2.24) is 0 Å². The van der Waals surface area contributed by atoms with E-state index in [0.717, 1.165) is 24.3 Å². The lowest BCUT2D eigenvalue weighted by Gasteiger charge is -2.08. The molecule has 0 amide bonds. The third-order valence-electron chi connectivity index (χ3n) is 2.80. The van der Waals surface area contributed by atoms with Gasteiger partial charge < -0.3 is 18.9 Å². The van der Waals surface area contributed by atoms with Crippen molar-refractivity contribution >= 4 is 0 Å². The average Bonchev–Trinajstić information content (AvgIpc) is 2.97. The molecule has 0 radical (unpaired) electrons. The van der Waals surface area contributed by atoms with Crippen molar-refractivity contribution < 1.29 is 18.9 Å². The SMILES string of the molecule is c1cc2c(cc1CCC1OCCO1)OCO2. The van der Waals surface area contributed by atoms with E-state index >= 15 is 0 Å². The molecule has 0 atom stereocenters. The lowest BCUT2D eigenvalue weighted by atomic mass is 10.1. The molecule has 1 aromatic rings. The Labute approximate surface area is 94.1 Å². The van der Waals surface area contributed by atoms with Gasteiger partial charge in [-0.1, -0.05) is 6.07 Å². The van der Waals surface area contributed by atoms with Crippen molar-refractivity contribution in [2.45, 2.75) is 19.1 Å². The van der Waals surface area contributed by atoms with Gasteiger partial charge in [0.1, 0.15) is 0 Å². The van der Waals surface area contributed by atoms with Gasteiger partial charge in [-0.05, 0) is 24.1 Å².